The lowest BCUT2D eigenvalue weighted by molar-refractivity contribution is 0.509. The van der Waals surface area contributed by atoms with Gasteiger partial charge < -0.3 is 0 Å². The van der Waals surface area contributed by atoms with Gasteiger partial charge in [-0.05, 0) is 65.8 Å². The minimum atomic E-state index is 0.474. The maximum absolute atomic E-state index is 4.55. The summed E-state index contributed by atoms with van der Waals surface area (Å²) in [5.41, 5.74) is 1.46. The van der Waals surface area contributed by atoms with E-state index in [1.807, 2.05) is 16.0 Å². The van der Waals surface area contributed by atoms with Crippen LogP contribution in [-0.2, 0) is 12.8 Å². The van der Waals surface area contributed by atoms with Crippen LogP contribution in [0, 0.1) is 5.92 Å². The summed E-state index contributed by atoms with van der Waals surface area (Å²) in [6.45, 7) is 2.33. The SMILES string of the molecule is CC1CCc2c(sc3ncnc(Sc4nnnn4C4CC4)c23)C1. The number of tetrazole rings is 1. The Labute approximate surface area is 141 Å². The summed E-state index contributed by atoms with van der Waals surface area (Å²) in [6.07, 6.45) is 7.55. The fourth-order valence-corrected chi connectivity index (χ4v) is 5.58. The summed E-state index contributed by atoms with van der Waals surface area (Å²) in [5.74, 6) is 0.766. The van der Waals surface area contributed by atoms with Gasteiger partial charge in [-0.15, -0.1) is 16.4 Å². The molecule has 3 heterocycles. The molecule has 118 valence electrons. The summed E-state index contributed by atoms with van der Waals surface area (Å²) in [4.78, 5) is 11.7. The molecule has 6 nitrogen and oxygen atoms in total. The summed E-state index contributed by atoms with van der Waals surface area (Å²) >= 11 is 3.41. The molecule has 0 spiro atoms. The van der Waals surface area contributed by atoms with Gasteiger partial charge in [0.15, 0.2) is 0 Å². The van der Waals surface area contributed by atoms with E-state index in [1.54, 1.807) is 18.1 Å². The van der Waals surface area contributed by atoms with Gasteiger partial charge in [0.2, 0.25) is 5.16 Å². The number of thiophene rings is 1. The van der Waals surface area contributed by atoms with Crippen molar-refractivity contribution in [2.45, 2.75) is 55.3 Å². The van der Waals surface area contributed by atoms with Crippen molar-refractivity contribution >= 4 is 33.3 Å². The number of nitrogens with zero attached hydrogens (tertiary/aromatic N) is 6. The lowest BCUT2D eigenvalue weighted by Crippen LogP contribution is -2.08. The lowest BCUT2D eigenvalue weighted by Gasteiger charge is -2.18. The molecule has 2 aliphatic rings. The highest BCUT2D eigenvalue weighted by Crippen LogP contribution is 2.43. The highest BCUT2D eigenvalue weighted by Gasteiger charge is 2.29. The Bertz CT molecular complexity index is 881. The molecule has 23 heavy (non-hydrogen) atoms. The van der Waals surface area contributed by atoms with Crippen LogP contribution < -0.4 is 0 Å². The van der Waals surface area contributed by atoms with Gasteiger partial charge in [0.25, 0.3) is 0 Å². The van der Waals surface area contributed by atoms with Gasteiger partial charge in [-0.25, -0.2) is 14.6 Å². The first-order chi connectivity index (χ1) is 11.3. The molecule has 0 aliphatic heterocycles. The van der Waals surface area contributed by atoms with E-state index in [0.29, 0.717) is 6.04 Å². The van der Waals surface area contributed by atoms with Crippen LogP contribution in [0.15, 0.2) is 16.5 Å². The van der Waals surface area contributed by atoms with Gasteiger partial charge in [0, 0.05) is 10.3 Å². The zero-order chi connectivity index (χ0) is 15.4. The maximum atomic E-state index is 4.55. The van der Waals surface area contributed by atoms with Crippen molar-refractivity contribution in [3.05, 3.63) is 16.8 Å². The molecule has 0 N–H and O–H groups in total. The molecule has 1 atom stereocenters. The molecular formula is C15H16N6S2. The number of fused-ring (bicyclic) bond motifs is 3. The minimum Gasteiger partial charge on any atom is -0.229 e. The van der Waals surface area contributed by atoms with Crippen LogP contribution >= 0.6 is 23.1 Å². The highest BCUT2D eigenvalue weighted by molar-refractivity contribution is 7.99. The van der Waals surface area contributed by atoms with Crippen molar-refractivity contribution in [2.75, 3.05) is 0 Å². The molecule has 8 heteroatoms. The van der Waals surface area contributed by atoms with E-state index in [2.05, 4.69) is 32.4 Å². The van der Waals surface area contributed by atoms with Crippen LogP contribution in [0.4, 0.5) is 0 Å². The molecule has 0 saturated heterocycles. The summed E-state index contributed by atoms with van der Waals surface area (Å²) in [6, 6.07) is 0.474. The van der Waals surface area contributed by atoms with Crippen molar-refractivity contribution in [2.24, 2.45) is 5.92 Å². The van der Waals surface area contributed by atoms with E-state index in [9.17, 15) is 0 Å². The molecule has 0 bridgehead atoms. The van der Waals surface area contributed by atoms with Crippen LogP contribution in [0.1, 0.15) is 42.7 Å². The van der Waals surface area contributed by atoms with Crippen LogP contribution in [0.3, 0.4) is 0 Å². The summed E-state index contributed by atoms with van der Waals surface area (Å²) in [5, 5.41) is 15.2. The predicted molar refractivity (Wildman–Crippen MR) is 88.8 cm³/mol. The molecule has 3 aromatic heterocycles. The predicted octanol–water partition coefficient (Wildman–Crippen LogP) is 3.29. The number of aromatic nitrogens is 6. The molecular weight excluding hydrogens is 328 g/mol. The molecule has 2 aliphatic carbocycles. The van der Waals surface area contributed by atoms with Gasteiger partial charge in [-0.1, -0.05) is 6.92 Å². The first-order valence-corrected chi connectivity index (χ1v) is 9.64. The summed E-state index contributed by atoms with van der Waals surface area (Å²) < 4.78 is 1.94. The molecule has 1 unspecified atom stereocenters. The van der Waals surface area contributed by atoms with E-state index in [1.165, 1.54) is 41.5 Å². The van der Waals surface area contributed by atoms with E-state index in [0.717, 1.165) is 27.4 Å². The normalized spacial score (nSPS) is 20.8. The second kappa shape index (κ2) is 5.24. The van der Waals surface area contributed by atoms with Crippen molar-refractivity contribution in [3.63, 3.8) is 0 Å². The van der Waals surface area contributed by atoms with E-state index in [-0.39, 0.29) is 0 Å². The first-order valence-electron chi connectivity index (χ1n) is 8.00. The van der Waals surface area contributed by atoms with Crippen LogP contribution in [0.5, 0.6) is 0 Å². The highest BCUT2D eigenvalue weighted by atomic mass is 32.2. The Morgan fingerprint density at radius 1 is 1.26 bits per heavy atom. The first kappa shape index (κ1) is 13.9. The third-order valence-electron chi connectivity index (χ3n) is 4.60. The van der Waals surface area contributed by atoms with Gasteiger partial charge in [-0.2, -0.15) is 0 Å². The van der Waals surface area contributed by atoms with Crippen molar-refractivity contribution in [1.29, 1.82) is 0 Å². The molecule has 1 fully saturated rings. The zero-order valence-corrected chi connectivity index (χ0v) is 14.4. The molecule has 0 amide bonds. The zero-order valence-electron chi connectivity index (χ0n) is 12.8. The smallest absolute Gasteiger partial charge is 0.215 e. The molecule has 0 radical (unpaired) electrons. The average molecular weight is 344 g/mol. The quantitative estimate of drug-likeness (QED) is 0.679. The number of aryl methyl sites for hydroxylation is 1. The Morgan fingerprint density at radius 2 is 2.17 bits per heavy atom. The third kappa shape index (κ3) is 2.35. The van der Waals surface area contributed by atoms with Gasteiger partial charge >= 0.3 is 0 Å². The molecule has 5 rings (SSSR count). The Hall–Kier alpha value is -1.54. The second-order valence-electron chi connectivity index (χ2n) is 6.45. The van der Waals surface area contributed by atoms with Crippen LogP contribution in [0.2, 0.25) is 0 Å². The number of hydrogen-bond acceptors (Lipinski definition) is 7. The standard InChI is InChI=1S/C15H16N6S2/c1-8-2-5-10-11(6-8)22-13-12(10)14(17-7-16-13)23-15-18-19-20-21(15)9-3-4-9/h7-9H,2-6H2,1H3. The molecule has 1 saturated carbocycles. The van der Waals surface area contributed by atoms with Gasteiger partial charge in [-0.3, -0.25) is 0 Å². The average Bonchev–Trinajstić information content (AvgIpc) is 3.16. The third-order valence-corrected chi connectivity index (χ3v) is 6.72. The number of hydrogen-bond donors (Lipinski definition) is 0. The van der Waals surface area contributed by atoms with Crippen molar-refractivity contribution in [3.8, 4) is 0 Å². The largest absolute Gasteiger partial charge is 0.229 e. The van der Waals surface area contributed by atoms with Gasteiger partial charge in [0.1, 0.15) is 16.2 Å². The fraction of sp³-hybridized carbons (Fsp3) is 0.533. The van der Waals surface area contributed by atoms with E-state index in [4.69, 9.17) is 0 Å². The van der Waals surface area contributed by atoms with Gasteiger partial charge in [0.05, 0.1) is 6.04 Å². The van der Waals surface area contributed by atoms with E-state index >= 15 is 0 Å². The monoisotopic (exact) mass is 344 g/mol. The molecule has 0 aromatic carbocycles. The fourth-order valence-electron chi connectivity index (χ4n) is 3.21. The minimum absolute atomic E-state index is 0.474. The Kier molecular flexibility index (Phi) is 3.16. The van der Waals surface area contributed by atoms with E-state index < -0.39 is 0 Å². The Morgan fingerprint density at radius 3 is 3.04 bits per heavy atom. The summed E-state index contributed by atoms with van der Waals surface area (Å²) in [7, 11) is 0. The lowest BCUT2D eigenvalue weighted by atomic mass is 9.89. The van der Waals surface area contributed by atoms with Crippen molar-refractivity contribution in [1.82, 2.24) is 30.2 Å². The van der Waals surface area contributed by atoms with Crippen molar-refractivity contribution < 1.29 is 0 Å². The second-order valence-corrected chi connectivity index (χ2v) is 8.49. The topological polar surface area (TPSA) is 69.4 Å². The van der Waals surface area contributed by atoms with Crippen LogP contribution in [0.25, 0.3) is 10.2 Å². The van der Waals surface area contributed by atoms with Crippen LogP contribution in [-0.4, -0.2) is 30.2 Å². The number of rotatable bonds is 3. The molecule has 3 aromatic rings. The Balaban J connectivity index is 1.60. The maximum Gasteiger partial charge on any atom is 0.215 e.